The molecule has 0 bridgehead atoms. The molecule has 0 aromatic heterocycles. The molecule has 0 aliphatic carbocycles. The van der Waals surface area contributed by atoms with E-state index in [4.69, 9.17) is 0 Å². The van der Waals surface area contributed by atoms with Crippen molar-refractivity contribution in [3.63, 3.8) is 0 Å². The normalized spacial score (nSPS) is 24.4. The highest BCUT2D eigenvalue weighted by molar-refractivity contribution is 4.81. The molecule has 84 valence electrons. The first kappa shape index (κ1) is 12.0. The van der Waals surface area contributed by atoms with Crippen LogP contribution in [0.15, 0.2) is 0 Å². The van der Waals surface area contributed by atoms with Crippen LogP contribution in [0, 0.1) is 0 Å². The molecule has 0 aromatic rings. The first-order valence-corrected chi connectivity index (χ1v) is 5.90. The van der Waals surface area contributed by atoms with Crippen molar-refractivity contribution in [2.75, 3.05) is 26.2 Å². The van der Waals surface area contributed by atoms with E-state index in [9.17, 15) is 5.11 Å². The fourth-order valence-corrected chi connectivity index (χ4v) is 2.06. The van der Waals surface area contributed by atoms with E-state index in [1.54, 1.807) is 0 Å². The SMILES string of the molecule is CCCN(CC(O)CC)C1CCNC1. The third-order valence-corrected chi connectivity index (χ3v) is 2.98. The lowest BCUT2D eigenvalue weighted by atomic mass is 10.1. The molecule has 2 N–H and O–H groups in total. The van der Waals surface area contributed by atoms with E-state index in [-0.39, 0.29) is 6.10 Å². The number of aliphatic hydroxyl groups is 1. The second-order valence-corrected chi connectivity index (χ2v) is 4.20. The molecular formula is C11H24N2O. The van der Waals surface area contributed by atoms with Gasteiger partial charge in [0, 0.05) is 19.1 Å². The lowest BCUT2D eigenvalue weighted by molar-refractivity contribution is 0.0885. The Bertz CT molecular complexity index is 146. The Hall–Kier alpha value is -0.120. The first-order valence-electron chi connectivity index (χ1n) is 5.90. The minimum atomic E-state index is -0.151. The minimum Gasteiger partial charge on any atom is -0.392 e. The van der Waals surface area contributed by atoms with Gasteiger partial charge in [-0.1, -0.05) is 13.8 Å². The van der Waals surface area contributed by atoms with Crippen LogP contribution in [0.3, 0.4) is 0 Å². The van der Waals surface area contributed by atoms with E-state index in [0.717, 1.165) is 32.6 Å². The second kappa shape index (κ2) is 6.38. The van der Waals surface area contributed by atoms with Gasteiger partial charge in [-0.25, -0.2) is 0 Å². The Balaban J connectivity index is 2.36. The van der Waals surface area contributed by atoms with Gasteiger partial charge in [0.1, 0.15) is 0 Å². The summed E-state index contributed by atoms with van der Waals surface area (Å²) >= 11 is 0. The van der Waals surface area contributed by atoms with Crippen LogP contribution in [-0.2, 0) is 0 Å². The predicted octanol–water partition coefficient (Wildman–Crippen LogP) is 0.831. The third-order valence-electron chi connectivity index (χ3n) is 2.98. The van der Waals surface area contributed by atoms with E-state index in [0.29, 0.717) is 6.04 Å². The van der Waals surface area contributed by atoms with Crippen LogP contribution < -0.4 is 5.32 Å². The van der Waals surface area contributed by atoms with Gasteiger partial charge >= 0.3 is 0 Å². The molecule has 1 rings (SSSR count). The number of hydrogen-bond donors (Lipinski definition) is 2. The monoisotopic (exact) mass is 200 g/mol. The summed E-state index contributed by atoms with van der Waals surface area (Å²) in [5.41, 5.74) is 0. The first-order chi connectivity index (χ1) is 6.77. The highest BCUT2D eigenvalue weighted by Gasteiger charge is 2.22. The van der Waals surface area contributed by atoms with E-state index >= 15 is 0 Å². The van der Waals surface area contributed by atoms with Crippen molar-refractivity contribution >= 4 is 0 Å². The number of rotatable bonds is 6. The predicted molar refractivity (Wildman–Crippen MR) is 59.4 cm³/mol. The molecule has 0 spiro atoms. The number of hydrogen-bond acceptors (Lipinski definition) is 3. The van der Waals surface area contributed by atoms with Crippen LogP contribution in [0.5, 0.6) is 0 Å². The molecule has 1 aliphatic rings. The summed E-state index contributed by atoms with van der Waals surface area (Å²) in [4.78, 5) is 2.44. The molecule has 1 saturated heterocycles. The molecule has 3 heteroatoms. The number of aliphatic hydroxyl groups excluding tert-OH is 1. The largest absolute Gasteiger partial charge is 0.392 e. The zero-order valence-corrected chi connectivity index (χ0v) is 9.50. The van der Waals surface area contributed by atoms with Crippen molar-refractivity contribution in [3.8, 4) is 0 Å². The highest BCUT2D eigenvalue weighted by Crippen LogP contribution is 2.10. The van der Waals surface area contributed by atoms with Gasteiger partial charge in [0.05, 0.1) is 6.10 Å². The van der Waals surface area contributed by atoms with Crippen molar-refractivity contribution in [2.45, 2.75) is 45.3 Å². The molecule has 2 unspecified atom stereocenters. The maximum Gasteiger partial charge on any atom is 0.0664 e. The van der Waals surface area contributed by atoms with Crippen LogP contribution >= 0.6 is 0 Å². The van der Waals surface area contributed by atoms with Gasteiger partial charge < -0.3 is 10.4 Å². The minimum absolute atomic E-state index is 0.151. The molecule has 1 heterocycles. The van der Waals surface area contributed by atoms with Crippen LogP contribution in [-0.4, -0.2) is 48.3 Å². The van der Waals surface area contributed by atoms with Crippen LogP contribution in [0.4, 0.5) is 0 Å². The van der Waals surface area contributed by atoms with Crippen molar-refractivity contribution in [3.05, 3.63) is 0 Å². The van der Waals surface area contributed by atoms with Gasteiger partial charge in [-0.15, -0.1) is 0 Å². The Morgan fingerprint density at radius 2 is 2.29 bits per heavy atom. The van der Waals surface area contributed by atoms with Gasteiger partial charge in [0.15, 0.2) is 0 Å². The summed E-state index contributed by atoms with van der Waals surface area (Å²) in [5.74, 6) is 0. The Morgan fingerprint density at radius 1 is 1.50 bits per heavy atom. The smallest absolute Gasteiger partial charge is 0.0664 e. The maximum atomic E-state index is 9.65. The van der Waals surface area contributed by atoms with Gasteiger partial charge in [-0.2, -0.15) is 0 Å². The lowest BCUT2D eigenvalue weighted by Crippen LogP contribution is -2.42. The molecule has 14 heavy (non-hydrogen) atoms. The van der Waals surface area contributed by atoms with Crippen LogP contribution in [0.1, 0.15) is 33.1 Å². The van der Waals surface area contributed by atoms with Crippen molar-refractivity contribution in [1.29, 1.82) is 0 Å². The van der Waals surface area contributed by atoms with E-state index < -0.39 is 0 Å². The average molecular weight is 200 g/mol. The Kier molecular flexibility index (Phi) is 5.45. The summed E-state index contributed by atoms with van der Waals surface area (Å²) < 4.78 is 0. The number of nitrogens with zero attached hydrogens (tertiary/aromatic N) is 1. The topological polar surface area (TPSA) is 35.5 Å². The fourth-order valence-electron chi connectivity index (χ4n) is 2.06. The standard InChI is InChI=1S/C11H24N2O/c1-3-7-13(9-11(14)4-2)10-5-6-12-8-10/h10-12,14H,3-9H2,1-2H3. The van der Waals surface area contributed by atoms with Crippen molar-refractivity contribution in [1.82, 2.24) is 10.2 Å². The zero-order valence-electron chi connectivity index (χ0n) is 9.50. The summed E-state index contributed by atoms with van der Waals surface area (Å²) in [6.07, 6.45) is 3.12. The second-order valence-electron chi connectivity index (χ2n) is 4.20. The maximum absolute atomic E-state index is 9.65. The zero-order chi connectivity index (χ0) is 10.4. The van der Waals surface area contributed by atoms with Gasteiger partial charge in [0.25, 0.3) is 0 Å². The van der Waals surface area contributed by atoms with Gasteiger partial charge in [-0.3, -0.25) is 4.90 Å². The molecule has 0 amide bonds. The molecule has 3 nitrogen and oxygen atoms in total. The van der Waals surface area contributed by atoms with Crippen LogP contribution in [0.2, 0.25) is 0 Å². The van der Waals surface area contributed by atoms with E-state index in [2.05, 4.69) is 17.1 Å². The molecule has 1 fully saturated rings. The van der Waals surface area contributed by atoms with Crippen LogP contribution in [0.25, 0.3) is 0 Å². The van der Waals surface area contributed by atoms with Crippen molar-refractivity contribution < 1.29 is 5.11 Å². The molecule has 0 saturated carbocycles. The molecule has 2 atom stereocenters. The third kappa shape index (κ3) is 3.56. The molecule has 0 radical (unpaired) electrons. The molecule has 0 aromatic carbocycles. The average Bonchev–Trinajstić information content (AvgIpc) is 2.69. The number of nitrogens with one attached hydrogen (secondary N) is 1. The summed E-state index contributed by atoms with van der Waals surface area (Å²) in [6, 6.07) is 0.649. The fraction of sp³-hybridized carbons (Fsp3) is 1.00. The highest BCUT2D eigenvalue weighted by atomic mass is 16.3. The van der Waals surface area contributed by atoms with Gasteiger partial charge in [0.2, 0.25) is 0 Å². The quantitative estimate of drug-likeness (QED) is 0.667. The lowest BCUT2D eigenvalue weighted by Gasteiger charge is -2.29. The summed E-state index contributed by atoms with van der Waals surface area (Å²) in [7, 11) is 0. The Morgan fingerprint density at radius 3 is 2.79 bits per heavy atom. The van der Waals surface area contributed by atoms with E-state index in [1.807, 2.05) is 6.92 Å². The molecule has 1 aliphatic heterocycles. The van der Waals surface area contributed by atoms with E-state index in [1.165, 1.54) is 12.8 Å². The van der Waals surface area contributed by atoms with Gasteiger partial charge in [-0.05, 0) is 32.4 Å². The molecular weight excluding hydrogens is 176 g/mol. The Labute approximate surface area is 87.5 Å². The van der Waals surface area contributed by atoms with Crippen molar-refractivity contribution in [2.24, 2.45) is 0 Å². The summed E-state index contributed by atoms with van der Waals surface area (Å²) in [5, 5.41) is 13.0. The summed E-state index contributed by atoms with van der Waals surface area (Å²) in [6.45, 7) is 8.43.